The van der Waals surface area contributed by atoms with Gasteiger partial charge in [0.1, 0.15) is 0 Å². The molecule has 25 heavy (non-hydrogen) atoms. The molecule has 0 aromatic heterocycles. The first-order valence-corrected chi connectivity index (χ1v) is 8.56. The Labute approximate surface area is 150 Å². The second kappa shape index (κ2) is 15.4. The summed E-state index contributed by atoms with van der Waals surface area (Å²) in [6, 6.07) is 0. The number of hydrogen-bond acceptors (Lipinski definition) is 5. The van der Waals surface area contributed by atoms with Crippen molar-refractivity contribution in [1.29, 1.82) is 0 Å². The van der Waals surface area contributed by atoms with Gasteiger partial charge in [-0.15, -0.1) is 0 Å². The topological polar surface area (TPSA) is 72.8 Å². The lowest BCUT2D eigenvalue weighted by atomic mass is 10.1. The molecule has 0 spiro atoms. The average Bonchev–Trinajstić information content (AvgIpc) is 2.58. The van der Waals surface area contributed by atoms with Gasteiger partial charge in [0, 0.05) is 20.5 Å². The lowest BCUT2D eigenvalue weighted by Crippen LogP contribution is -2.27. The third-order valence-electron chi connectivity index (χ3n) is 3.18. The highest BCUT2D eigenvalue weighted by Crippen LogP contribution is 2.06. The Morgan fingerprint density at radius 2 is 1.96 bits per heavy atom. The van der Waals surface area contributed by atoms with Gasteiger partial charge in [0.25, 0.3) is 0 Å². The summed E-state index contributed by atoms with van der Waals surface area (Å²) in [5, 5.41) is 10.0. The number of rotatable bonds is 11. The number of ketones is 1. The molecule has 0 amide bonds. The number of hydrogen-bond donors (Lipinski definition) is 1. The van der Waals surface area contributed by atoms with Crippen molar-refractivity contribution < 1.29 is 24.2 Å². The molecule has 0 aliphatic carbocycles. The number of Topliss-reactive ketones (excluding diaryl/α,β-unsaturated/α-hetero) is 1. The maximum atomic E-state index is 11.3. The molecule has 0 aromatic rings. The van der Waals surface area contributed by atoms with Crippen molar-refractivity contribution in [3.05, 3.63) is 12.2 Å². The smallest absolute Gasteiger partial charge is 0.303 e. The first-order chi connectivity index (χ1) is 12.0. The van der Waals surface area contributed by atoms with Gasteiger partial charge >= 0.3 is 5.97 Å². The van der Waals surface area contributed by atoms with Gasteiger partial charge in [0.15, 0.2) is 12.2 Å². The molecule has 0 aliphatic rings. The maximum absolute atomic E-state index is 11.3. The number of carbonyl (C=O) groups excluding carboxylic acids is 2. The van der Waals surface area contributed by atoms with E-state index in [9.17, 15) is 14.7 Å². The molecule has 0 heterocycles. The van der Waals surface area contributed by atoms with Crippen LogP contribution in [0, 0.1) is 23.7 Å². The van der Waals surface area contributed by atoms with Gasteiger partial charge in [-0.05, 0) is 36.7 Å². The molecule has 5 nitrogen and oxygen atoms in total. The minimum atomic E-state index is -1.20. The van der Waals surface area contributed by atoms with E-state index in [0.29, 0.717) is 6.61 Å². The first kappa shape index (κ1) is 22.9. The number of allylic oxidation sites excluding steroid dienone is 1. The van der Waals surface area contributed by atoms with Crippen LogP contribution in [0.5, 0.6) is 0 Å². The van der Waals surface area contributed by atoms with Crippen molar-refractivity contribution in [3.8, 4) is 23.7 Å². The number of carbonyl (C=O) groups is 2. The normalized spacial score (nSPS) is 12.5. The van der Waals surface area contributed by atoms with Crippen LogP contribution in [0.1, 0.15) is 52.4 Å². The molecule has 0 radical (unpaired) electrons. The number of aliphatic hydroxyl groups is 1. The van der Waals surface area contributed by atoms with Crippen molar-refractivity contribution in [2.24, 2.45) is 0 Å². The van der Waals surface area contributed by atoms with Crippen LogP contribution in [-0.4, -0.2) is 42.8 Å². The van der Waals surface area contributed by atoms with E-state index in [1.165, 1.54) is 26.9 Å². The minimum Gasteiger partial charge on any atom is -0.454 e. The minimum absolute atomic E-state index is 0.199. The summed E-state index contributed by atoms with van der Waals surface area (Å²) in [6.07, 6.45) is 7.10. The highest BCUT2D eigenvalue weighted by Gasteiger charge is 2.16. The lowest BCUT2D eigenvalue weighted by molar-refractivity contribution is -0.147. The van der Waals surface area contributed by atoms with Crippen molar-refractivity contribution >= 4 is 11.8 Å². The molecule has 0 bridgehead atoms. The number of methoxy groups -OCH3 is 1. The molecule has 1 N–H and O–H groups in total. The predicted molar refractivity (Wildman–Crippen MR) is 96.5 cm³/mol. The summed E-state index contributed by atoms with van der Waals surface area (Å²) in [5.41, 5.74) is 0. The fourth-order valence-corrected chi connectivity index (χ4v) is 1.87. The summed E-state index contributed by atoms with van der Waals surface area (Å²) >= 11 is 0. The van der Waals surface area contributed by atoms with Crippen LogP contribution < -0.4 is 0 Å². The van der Waals surface area contributed by atoms with Gasteiger partial charge in [0.2, 0.25) is 5.78 Å². The molecule has 2 unspecified atom stereocenters. The molecule has 0 aromatic carbocycles. The molecule has 0 fully saturated rings. The summed E-state index contributed by atoms with van der Waals surface area (Å²) in [6.45, 7) is 3.73. The fourth-order valence-electron chi connectivity index (χ4n) is 1.87. The Balaban J connectivity index is 4.59. The largest absolute Gasteiger partial charge is 0.454 e. The molecule has 138 valence electrons. The summed E-state index contributed by atoms with van der Waals surface area (Å²) in [7, 11) is 1.50. The van der Waals surface area contributed by atoms with Gasteiger partial charge in [0.05, 0.1) is 6.61 Å². The highest BCUT2D eigenvalue weighted by molar-refractivity contribution is 5.96. The van der Waals surface area contributed by atoms with Crippen LogP contribution >= 0.6 is 0 Å². The molecular formula is C20H28O5. The van der Waals surface area contributed by atoms with E-state index < -0.39 is 18.2 Å². The molecule has 0 rings (SSSR count). The standard InChI is InChI=1S/C20H28O5/c1-4-5-6-7-8-9-14-20(25-17(2)21)19(23)13-11-10-12-18(22)15-16-24-3/h9,14,19-20,23H,4-8,15-16H2,1-3H3/b14-9+. The maximum Gasteiger partial charge on any atom is 0.303 e. The Morgan fingerprint density at radius 1 is 1.20 bits per heavy atom. The Hall–Kier alpha value is -2.08. The fraction of sp³-hybridized carbons (Fsp3) is 0.600. The second-order valence-corrected chi connectivity index (χ2v) is 5.48. The van der Waals surface area contributed by atoms with Crippen molar-refractivity contribution in [2.75, 3.05) is 13.7 Å². The first-order valence-electron chi connectivity index (χ1n) is 8.56. The predicted octanol–water partition coefficient (Wildman–Crippen LogP) is 2.42. The van der Waals surface area contributed by atoms with E-state index >= 15 is 0 Å². The zero-order chi connectivity index (χ0) is 18.9. The van der Waals surface area contributed by atoms with E-state index in [1.54, 1.807) is 6.08 Å². The third-order valence-corrected chi connectivity index (χ3v) is 3.18. The number of ether oxygens (including phenoxy) is 2. The number of esters is 1. The van der Waals surface area contributed by atoms with Crippen LogP contribution in [0.25, 0.3) is 0 Å². The Morgan fingerprint density at radius 3 is 2.60 bits per heavy atom. The number of unbranched alkanes of at least 4 members (excludes halogenated alkanes) is 4. The zero-order valence-electron chi connectivity index (χ0n) is 15.3. The average molecular weight is 348 g/mol. The van der Waals surface area contributed by atoms with Gasteiger partial charge in [-0.3, -0.25) is 9.59 Å². The van der Waals surface area contributed by atoms with Gasteiger partial charge < -0.3 is 14.6 Å². The summed E-state index contributed by atoms with van der Waals surface area (Å²) in [4.78, 5) is 22.5. The van der Waals surface area contributed by atoms with E-state index in [0.717, 1.165) is 19.3 Å². The van der Waals surface area contributed by atoms with Crippen LogP contribution in [0.4, 0.5) is 0 Å². The van der Waals surface area contributed by atoms with Gasteiger partial charge in [-0.25, -0.2) is 0 Å². The zero-order valence-corrected chi connectivity index (χ0v) is 15.3. The van der Waals surface area contributed by atoms with Crippen LogP contribution in [-0.2, 0) is 19.1 Å². The molecule has 5 heteroatoms. The second-order valence-electron chi connectivity index (χ2n) is 5.48. The van der Waals surface area contributed by atoms with Crippen molar-refractivity contribution in [1.82, 2.24) is 0 Å². The van der Waals surface area contributed by atoms with Crippen molar-refractivity contribution in [3.63, 3.8) is 0 Å². The molecule has 2 atom stereocenters. The monoisotopic (exact) mass is 348 g/mol. The van der Waals surface area contributed by atoms with Crippen molar-refractivity contribution in [2.45, 2.75) is 64.6 Å². The number of aliphatic hydroxyl groups excluding tert-OH is 1. The SMILES string of the molecule is CCCCCC/C=C/C(OC(C)=O)C(O)C#CC#CC(=O)CCOC. The van der Waals surface area contributed by atoms with Gasteiger partial charge in [-0.2, -0.15) is 0 Å². The van der Waals surface area contributed by atoms with Gasteiger partial charge in [-0.1, -0.05) is 38.2 Å². The van der Waals surface area contributed by atoms with E-state index in [1.807, 2.05) is 6.08 Å². The summed E-state index contributed by atoms with van der Waals surface area (Å²) in [5.74, 6) is 8.84. The molecule has 0 saturated carbocycles. The third kappa shape index (κ3) is 14.0. The Bertz CT molecular complexity index is 542. The molecular weight excluding hydrogens is 320 g/mol. The highest BCUT2D eigenvalue weighted by atomic mass is 16.6. The quantitative estimate of drug-likeness (QED) is 0.204. The van der Waals surface area contributed by atoms with E-state index in [4.69, 9.17) is 9.47 Å². The van der Waals surface area contributed by atoms with E-state index in [2.05, 4.69) is 30.6 Å². The van der Waals surface area contributed by atoms with Crippen LogP contribution in [0.3, 0.4) is 0 Å². The van der Waals surface area contributed by atoms with Crippen LogP contribution in [0.15, 0.2) is 12.2 Å². The molecule has 0 aliphatic heterocycles. The molecule has 0 saturated heterocycles. The Kier molecular flexibility index (Phi) is 14.2. The van der Waals surface area contributed by atoms with Crippen LogP contribution in [0.2, 0.25) is 0 Å². The summed E-state index contributed by atoms with van der Waals surface area (Å²) < 4.78 is 9.83. The lowest BCUT2D eigenvalue weighted by Gasteiger charge is -2.15. The van der Waals surface area contributed by atoms with E-state index in [-0.39, 0.29) is 12.2 Å².